The summed E-state index contributed by atoms with van der Waals surface area (Å²) in [5, 5.41) is 3.38. The first-order valence-electron chi connectivity index (χ1n) is 6.42. The molecule has 5 heteroatoms. The number of hydrogen-bond acceptors (Lipinski definition) is 4. The maximum Gasteiger partial charge on any atom is 0.203 e. The summed E-state index contributed by atoms with van der Waals surface area (Å²) in [5.74, 6) is 2.61. The summed E-state index contributed by atoms with van der Waals surface area (Å²) in [6.45, 7) is 2.07. The van der Waals surface area contributed by atoms with Crippen LogP contribution in [0.25, 0.3) is 0 Å². The van der Waals surface area contributed by atoms with Crippen molar-refractivity contribution in [1.82, 2.24) is 5.32 Å². The van der Waals surface area contributed by atoms with Crippen molar-refractivity contribution < 1.29 is 14.2 Å². The summed E-state index contributed by atoms with van der Waals surface area (Å²) in [7, 11) is 4.95. The molecule has 1 aliphatic rings. The Bertz CT molecular complexity index is 445. The van der Waals surface area contributed by atoms with Crippen LogP contribution in [0, 0.1) is 0 Å². The summed E-state index contributed by atoms with van der Waals surface area (Å²) in [4.78, 5) is 0. The molecular formula is C14H20BrNO3. The third kappa shape index (κ3) is 2.82. The Kier molecular flexibility index (Phi) is 4.93. The molecule has 0 unspecified atom stereocenters. The van der Waals surface area contributed by atoms with Crippen LogP contribution < -0.4 is 19.5 Å². The van der Waals surface area contributed by atoms with Gasteiger partial charge in [-0.1, -0.05) is 15.9 Å². The molecule has 0 bridgehead atoms. The van der Waals surface area contributed by atoms with Gasteiger partial charge < -0.3 is 19.5 Å². The van der Waals surface area contributed by atoms with Crippen LogP contribution in [-0.2, 0) is 0 Å². The Morgan fingerprint density at radius 1 is 1.05 bits per heavy atom. The van der Waals surface area contributed by atoms with E-state index in [2.05, 4.69) is 21.2 Å². The molecular weight excluding hydrogens is 310 g/mol. The van der Waals surface area contributed by atoms with Crippen LogP contribution in [-0.4, -0.2) is 34.4 Å². The van der Waals surface area contributed by atoms with Gasteiger partial charge in [-0.25, -0.2) is 0 Å². The number of methoxy groups -OCH3 is 3. The second-order valence-electron chi connectivity index (χ2n) is 4.57. The van der Waals surface area contributed by atoms with E-state index in [1.54, 1.807) is 21.3 Å². The van der Waals surface area contributed by atoms with Crippen LogP contribution in [0.15, 0.2) is 10.5 Å². The number of benzene rings is 1. The average Bonchev–Trinajstić information content (AvgIpc) is 2.46. The van der Waals surface area contributed by atoms with E-state index in [1.165, 1.54) is 5.56 Å². The minimum atomic E-state index is 0.477. The van der Waals surface area contributed by atoms with E-state index < -0.39 is 0 Å². The second-order valence-corrected chi connectivity index (χ2v) is 5.42. The Labute approximate surface area is 122 Å². The van der Waals surface area contributed by atoms with Crippen LogP contribution in [0.3, 0.4) is 0 Å². The molecule has 0 saturated carbocycles. The predicted molar refractivity (Wildman–Crippen MR) is 78.6 cm³/mol. The quantitative estimate of drug-likeness (QED) is 0.921. The first kappa shape index (κ1) is 14.5. The molecule has 1 fully saturated rings. The summed E-state index contributed by atoms with van der Waals surface area (Å²) < 4.78 is 17.4. The molecule has 1 aliphatic heterocycles. The monoisotopic (exact) mass is 329 g/mol. The lowest BCUT2D eigenvalue weighted by Crippen LogP contribution is -2.27. The largest absolute Gasteiger partial charge is 0.493 e. The van der Waals surface area contributed by atoms with Crippen molar-refractivity contribution in [3.8, 4) is 17.2 Å². The Morgan fingerprint density at radius 3 is 2.21 bits per heavy atom. The van der Waals surface area contributed by atoms with E-state index in [9.17, 15) is 0 Å². The van der Waals surface area contributed by atoms with Gasteiger partial charge in [0.25, 0.3) is 0 Å². The number of rotatable bonds is 4. The highest BCUT2D eigenvalue weighted by atomic mass is 79.9. The molecule has 0 radical (unpaired) electrons. The van der Waals surface area contributed by atoms with Gasteiger partial charge in [-0.15, -0.1) is 0 Å². The zero-order valence-electron chi connectivity index (χ0n) is 11.6. The third-order valence-corrected chi connectivity index (χ3v) is 4.22. The third-order valence-electron chi connectivity index (χ3n) is 3.57. The Morgan fingerprint density at radius 2 is 1.68 bits per heavy atom. The van der Waals surface area contributed by atoms with E-state index in [-0.39, 0.29) is 0 Å². The van der Waals surface area contributed by atoms with Gasteiger partial charge in [0.1, 0.15) is 0 Å². The molecule has 0 atom stereocenters. The first-order valence-corrected chi connectivity index (χ1v) is 7.21. The number of halogens is 1. The lowest BCUT2D eigenvalue weighted by molar-refractivity contribution is 0.317. The SMILES string of the molecule is COc1cc(Br)c(C2CCNCC2)c(OC)c1OC. The topological polar surface area (TPSA) is 39.7 Å². The van der Waals surface area contributed by atoms with Gasteiger partial charge >= 0.3 is 0 Å². The zero-order chi connectivity index (χ0) is 13.8. The van der Waals surface area contributed by atoms with Crippen molar-refractivity contribution in [2.75, 3.05) is 34.4 Å². The van der Waals surface area contributed by atoms with Crippen molar-refractivity contribution in [3.05, 3.63) is 16.1 Å². The fourth-order valence-corrected chi connectivity index (χ4v) is 3.35. The number of hydrogen-bond donors (Lipinski definition) is 1. The van der Waals surface area contributed by atoms with Gasteiger partial charge in [0.2, 0.25) is 5.75 Å². The molecule has 19 heavy (non-hydrogen) atoms. The summed E-state index contributed by atoms with van der Waals surface area (Å²) in [6.07, 6.45) is 2.20. The molecule has 1 saturated heterocycles. The molecule has 0 aromatic heterocycles. The lowest BCUT2D eigenvalue weighted by atomic mass is 9.89. The number of nitrogens with one attached hydrogen (secondary N) is 1. The molecule has 0 amide bonds. The molecule has 0 aliphatic carbocycles. The van der Waals surface area contributed by atoms with E-state index >= 15 is 0 Å². The van der Waals surface area contributed by atoms with E-state index in [4.69, 9.17) is 14.2 Å². The highest BCUT2D eigenvalue weighted by Crippen LogP contribution is 2.48. The predicted octanol–water partition coefficient (Wildman–Crippen LogP) is 2.94. The van der Waals surface area contributed by atoms with Gasteiger partial charge in [0, 0.05) is 10.0 Å². The van der Waals surface area contributed by atoms with Crippen LogP contribution in [0.2, 0.25) is 0 Å². The second kappa shape index (κ2) is 6.48. The molecule has 1 heterocycles. The fraction of sp³-hybridized carbons (Fsp3) is 0.571. The molecule has 1 aromatic rings. The highest BCUT2D eigenvalue weighted by Gasteiger charge is 2.26. The fourth-order valence-electron chi connectivity index (χ4n) is 2.64. The van der Waals surface area contributed by atoms with Crippen LogP contribution in [0.5, 0.6) is 17.2 Å². The lowest BCUT2D eigenvalue weighted by Gasteiger charge is -2.27. The molecule has 106 valence electrons. The normalized spacial score (nSPS) is 16.2. The molecule has 1 aromatic carbocycles. The van der Waals surface area contributed by atoms with Gasteiger partial charge in [-0.05, 0) is 37.9 Å². The molecule has 1 N–H and O–H groups in total. The van der Waals surface area contributed by atoms with Crippen LogP contribution in [0.4, 0.5) is 0 Å². The standard InChI is InChI=1S/C14H20BrNO3/c1-17-11-8-10(15)12(9-4-6-16-7-5-9)14(19-3)13(11)18-2/h8-9,16H,4-7H2,1-3H3. The minimum absolute atomic E-state index is 0.477. The summed E-state index contributed by atoms with van der Waals surface area (Å²) in [6, 6.07) is 1.96. The van der Waals surface area contributed by atoms with Gasteiger partial charge in [-0.3, -0.25) is 0 Å². The van der Waals surface area contributed by atoms with Crippen LogP contribution in [0.1, 0.15) is 24.3 Å². The molecule has 0 spiro atoms. The van der Waals surface area contributed by atoms with Crippen molar-refractivity contribution in [2.45, 2.75) is 18.8 Å². The zero-order valence-corrected chi connectivity index (χ0v) is 13.2. The minimum Gasteiger partial charge on any atom is -0.493 e. The maximum atomic E-state index is 5.59. The Hall–Kier alpha value is -0.940. The van der Waals surface area contributed by atoms with Crippen molar-refractivity contribution in [3.63, 3.8) is 0 Å². The summed E-state index contributed by atoms with van der Waals surface area (Å²) in [5.41, 5.74) is 1.18. The number of piperidine rings is 1. The first-order chi connectivity index (χ1) is 9.22. The maximum absolute atomic E-state index is 5.59. The van der Waals surface area contributed by atoms with Crippen molar-refractivity contribution >= 4 is 15.9 Å². The van der Waals surface area contributed by atoms with Gasteiger partial charge in [0.05, 0.1) is 21.3 Å². The molecule has 2 rings (SSSR count). The average molecular weight is 330 g/mol. The van der Waals surface area contributed by atoms with Crippen molar-refractivity contribution in [2.24, 2.45) is 0 Å². The van der Waals surface area contributed by atoms with E-state index in [0.29, 0.717) is 17.4 Å². The van der Waals surface area contributed by atoms with Gasteiger partial charge in [-0.2, -0.15) is 0 Å². The van der Waals surface area contributed by atoms with Crippen LogP contribution >= 0.6 is 15.9 Å². The molecule has 4 nitrogen and oxygen atoms in total. The Balaban J connectivity index is 2.51. The highest BCUT2D eigenvalue weighted by molar-refractivity contribution is 9.10. The number of ether oxygens (including phenoxy) is 3. The van der Waals surface area contributed by atoms with E-state index in [1.807, 2.05) is 6.07 Å². The van der Waals surface area contributed by atoms with E-state index in [0.717, 1.165) is 36.2 Å². The van der Waals surface area contributed by atoms with Crippen molar-refractivity contribution in [1.29, 1.82) is 0 Å². The smallest absolute Gasteiger partial charge is 0.203 e. The van der Waals surface area contributed by atoms with Gasteiger partial charge in [0.15, 0.2) is 11.5 Å². The summed E-state index contributed by atoms with van der Waals surface area (Å²) >= 11 is 3.64.